The number of hydrogen-bond donors (Lipinski definition) is 1. The van der Waals surface area contributed by atoms with Gasteiger partial charge in [-0.05, 0) is 91.8 Å². The summed E-state index contributed by atoms with van der Waals surface area (Å²) in [5, 5.41) is 11.5. The maximum atomic E-state index is 11.5. The Morgan fingerprint density at radius 3 is 2.25 bits per heavy atom. The third-order valence-corrected chi connectivity index (χ3v) is 11.2. The number of hydrogen-bond acceptors (Lipinski definition) is 2. The van der Waals surface area contributed by atoms with Gasteiger partial charge in [0.05, 0.1) is 18.3 Å². The van der Waals surface area contributed by atoms with E-state index in [1.54, 1.807) is 0 Å². The van der Waals surface area contributed by atoms with E-state index in [1.807, 2.05) is 0 Å². The standard InChI is InChI=1S/C26H46O2/c1-7-18-10-11-20-25(5)15-12-19-23(3,8-2)13-9-14-24(19,4)21(25)16-22(27)26(20,6)28-17-18/h18-22,27H,7-17H2,1-6H3/t18-,19-,20-,21+,22-,23-,24-,25-,26+/m0/s1. The van der Waals surface area contributed by atoms with Crippen LogP contribution in [0, 0.1) is 39.9 Å². The molecule has 0 aromatic carbocycles. The van der Waals surface area contributed by atoms with Crippen LogP contribution in [0.4, 0.5) is 0 Å². The molecule has 0 aromatic rings. The highest BCUT2D eigenvalue weighted by Gasteiger charge is 2.67. The molecule has 2 heteroatoms. The fraction of sp³-hybridized carbons (Fsp3) is 1.00. The number of ether oxygens (including phenoxy) is 1. The summed E-state index contributed by atoms with van der Waals surface area (Å²) >= 11 is 0. The molecular formula is C26H46O2. The van der Waals surface area contributed by atoms with Crippen LogP contribution < -0.4 is 0 Å². The van der Waals surface area contributed by atoms with Crippen LogP contribution in [0.25, 0.3) is 0 Å². The fourth-order valence-electron chi connectivity index (χ4n) is 9.14. The van der Waals surface area contributed by atoms with Gasteiger partial charge >= 0.3 is 0 Å². The molecule has 0 aromatic heterocycles. The van der Waals surface area contributed by atoms with Gasteiger partial charge in [0, 0.05) is 0 Å². The lowest BCUT2D eigenvalue weighted by Crippen LogP contribution is -2.67. The Balaban J connectivity index is 1.72. The molecule has 0 unspecified atom stereocenters. The lowest BCUT2D eigenvalue weighted by Gasteiger charge is -2.69. The second kappa shape index (κ2) is 6.98. The first-order chi connectivity index (χ1) is 13.1. The van der Waals surface area contributed by atoms with E-state index in [4.69, 9.17) is 4.74 Å². The minimum atomic E-state index is -0.346. The van der Waals surface area contributed by atoms with Crippen LogP contribution in [0.3, 0.4) is 0 Å². The summed E-state index contributed by atoms with van der Waals surface area (Å²) in [5.74, 6) is 2.63. The summed E-state index contributed by atoms with van der Waals surface area (Å²) in [7, 11) is 0. The third-order valence-electron chi connectivity index (χ3n) is 11.2. The molecule has 4 rings (SSSR count). The molecule has 0 radical (unpaired) electrons. The van der Waals surface area contributed by atoms with E-state index in [9.17, 15) is 5.11 Å². The van der Waals surface area contributed by atoms with Crippen LogP contribution >= 0.6 is 0 Å². The minimum Gasteiger partial charge on any atom is -0.390 e. The zero-order valence-electron chi connectivity index (χ0n) is 19.5. The Morgan fingerprint density at radius 1 is 0.857 bits per heavy atom. The average molecular weight is 391 g/mol. The van der Waals surface area contributed by atoms with Crippen molar-refractivity contribution in [2.75, 3.05) is 6.61 Å². The predicted octanol–water partition coefficient (Wildman–Crippen LogP) is 6.60. The Bertz CT molecular complexity index is 589. The topological polar surface area (TPSA) is 29.5 Å². The summed E-state index contributed by atoms with van der Waals surface area (Å²) in [5.41, 5.74) is 0.844. The van der Waals surface area contributed by atoms with Gasteiger partial charge in [-0.15, -0.1) is 0 Å². The molecular weight excluding hydrogens is 344 g/mol. The molecule has 0 bridgehead atoms. The normalized spacial score (nSPS) is 56.9. The lowest BCUT2D eigenvalue weighted by atomic mass is 9.37. The van der Waals surface area contributed by atoms with Gasteiger partial charge < -0.3 is 9.84 Å². The molecule has 3 aliphatic carbocycles. The first-order valence-electron chi connectivity index (χ1n) is 12.5. The van der Waals surface area contributed by atoms with E-state index in [2.05, 4.69) is 41.5 Å². The van der Waals surface area contributed by atoms with E-state index in [1.165, 1.54) is 57.8 Å². The Kier molecular flexibility index (Phi) is 5.27. The van der Waals surface area contributed by atoms with Crippen molar-refractivity contribution < 1.29 is 9.84 Å². The van der Waals surface area contributed by atoms with Crippen molar-refractivity contribution >= 4 is 0 Å². The van der Waals surface area contributed by atoms with Crippen molar-refractivity contribution in [3.63, 3.8) is 0 Å². The maximum absolute atomic E-state index is 11.5. The van der Waals surface area contributed by atoms with Gasteiger partial charge in [-0.25, -0.2) is 0 Å². The number of aliphatic hydroxyl groups is 1. The average Bonchev–Trinajstić information content (AvgIpc) is 2.84. The first-order valence-corrected chi connectivity index (χ1v) is 12.5. The van der Waals surface area contributed by atoms with Gasteiger partial charge in [0.2, 0.25) is 0 Å². The summed E-state index contributed by atoms with van der Waals surface area (Å²) in [6.07, 6.45) is 12.5. The highest BCUT2D eigenvalue weighted by molar-refractivity contribution is 5.16. The van der Waals surface area contributed by atoms with Crippen molar-refractivity contribution in [2.24, 2.45) is 39.9 Å². The molecule has 3 saturated carbocycles. The van der Waals surface area contributed by atoms with Gasteiger partial charge in [0.25, 0.3) is 0 Å². The predicted molar refractivity (Wildman–Crippen MR) is 116 cm³/mol. The van der Waals surface area contributed by atoms with Crippen LogP contribution in [0.5, 0.6) is 0 Å². The van der Waals surface area contributed by atoms with Crippen LogP contribution in [-0.2, 0) is 4.74 Å². The Hall–Kier alpha value is -0.0800. The number of fused-ring (bicyclic) bond motifs is 5. The summed E-state index contributed by atoms with van der Waals surface area (Å²) < 4.78 is 6.61. The third kappa shape index (κ3) is 2.79. The molecule has 0 amide bonds. The minimum absolute atomic E-state index is 0.309. The van der Waals surface area contributed by atoms with E-state index >= 15 is 0 Å². The van der Waals surface area contributed by atoms with Gasteiger partial charge in [-0.1, -0.05) is 53.9 Å². The van der Waals surface area contributed by atoms with E-state index in [-0.39, 0.29) is 11.7 Å². The van der Waals surface area contributed by atoms with Crippen molar-refractivity contribution in [3.8, 4) is 0 Å². The van der Waals surface area contributed by atoms with Gasteiger partial charge in [0.15, 0.2) is 0 Å². The lowest BCUT2D eigenvalue weighted by molar-refractivity contribution is -0.259. The van der Waals surface area contributed by atoms with Crippen molar-refractivity contribution in [2.45, 2.75) is 117 Å². The maximum Gasteiger partial charge on any atom is 0.0945 e. The molecule has 2 nitrogen and oxygen atoms in total. The zero-order valence-corrected chi connectivity index (χ0v) is 19.5. The quantitative estimate of drug-likeness (QED) is 0.575. The van der Waals surface area contributed by atoms with Gasteiger partial charge in [-0.2, -0.15) is 0 Å². The number of aliphatic hydroxyl groups excluding tert-OH is 1. The second-order valence-corrected chi connectivity index (χ2v) is 12.2. The Labute approximate surface area is 174 Å². The largest absolute Gasteiger partial charge is 0.390 e. The SMILES string of the molecule is CC[C@H]1CC[C@H]2[C@]3(C)CC[C@H]4[C@@](C)(CC)CCC[C@]4(C)[C@H]3C[C@H](O)[C@]2(C)OC1. The van der Waals surface area contributed by atoms with Crippen molar-refractivity contribution in [1.29, 1.82) is 0 Å². The summed E-state index contributed by atoms with van der Waals surface area (Å²) in [4.78, 5) is 0. The highest BCUT2D eigenvalue weighted by atomic mass is 16.5. The molecule has 9 atom stereocenters. The monoisotopic (exact) mass is 390 g/mol. The summed E-state index contributed by atoms with van der Waals surface area (Å²) in [6.45, 7) is 15.6. The van der Waals surface area contributed by atoms with Crippen LogP contribution in [0.2, 0.25) is 0 Å². The molecule has 0 spiro atoms. The van der Waals surface area contributed by atoms with Crippen LogP contribution in [-0.4, -0.2) is 23.4 Å². The molecule has 4 fully saturated rings. The number of rotatable bonds is 2. The van der Waals surface area contributed by atoms with E-state index in [0.29, 0.717) is 34.0 Å². The Morgan fingerprint density at radius 2 is 1.57 bits per heavy atom. The highest BCUT2D eigenvalue weighted by Crippen LogP contribution is 2.71. The van der Waals surface area contributed by atoms with Crippen molar-refractivity contribution in [1.82, 2.24) is 0 Å². The molecule has 1 N–H and O–H groups in total. The van der Waals surface area contributed by atoms with Crippen molar-refractivity contribution in [3.05, 3.63) is 0 Å². The molecule has 1 heterocycles. The molecule has 1 aliphatic heterocycles. The van der Waals surface area contributed by atoms with Crippen LogP contribution in [0.15, 0.2) is 0 Å². The van der Waals surface area contributed by atoms with Gasteiger partial charge in [0.1, 0.15) is 0 Å². The fourth-order valence-corrected chi connectivity index (χ4v) is 9.14. The van der Waals surface area contributed by atoms with E-state index in [0.717, 1.165) is 18.9 Å². The smallest absolute Gasteiger partial charge is 0.0945 e. The van der Waals surface area contributed by atoms with Gasteiger partial charge in [-0.3, -0.25) is 0 Å². The first kappa shape index (κ1) is 21.2. The van der Waals surface area contributed by atoms with E-state index < -0.39 is 0 Å². The second-order valence-electron chi connectivity index (χ2n) is 12.2. The molecule has 28 heavy (non-hydrogen) atoms. The molecule has 162 valence electrons. The molecule has 1 saturated heterocycles. The summed E-state index contributed by atoms with van der Waals surface area (Å²) in [6, 6.07) is 0. The zero-order chi connectivity index (χ0) is 20.4. The molecule has 4 aliphatic rings. The van der Waals surface area contributed by atoms with Crippen LogP contribution in [0.1, 0.15) is 106 Å².